The van der Waals surface area contributed by atoms with Gasteiger partial charge in [0.2, 0.25) is 5.82 Å². The van der Waals surface area contributed by atoms with Crippen LogP contribution in [0, 0.1) is 17.5 Å². The molecule has 9 heteroatoms. The molecule has 0 N–H and O–H groups in total. The van der Waals surface area contributed by atoms with E-state index in [1.54, 1.807) is 4.57 Å². The second-order valence-electron chi connectivity index (χ2n) is 5.87. The fourth-order valence-corrected chi connectivity index (χ4v) is 2.76. The van der Waals surface area contributed by atoms with Crippen LogP contribution in [0.1, 0.15) is 6.92 Å². The molecule has 0 aliphatic rings. The molecule has 2 aromatic heterocycles. The first-order chi connectivity index (χ1) is 13.5. The SMILES string of the molecule is CCn1cnc2c(=O)n(-c3ccc(F)cc3)c(Oc3cccc(F)c3F)nc21. The summed E-state index contributed by atoms with van der Waals surface area (Å²) in [5.41, 5.74) is -0.0507. The molecule has 0 aliphatic carbocycles. The van der Waals surface area contributed by atoms with Crippen LogP contribution in [0.4, 0.5) is 13.2 Å². The van der Waals surface area contributed by atoms with Crippen LogP contribution in [-0.2, 0) is 6.54 Å². The largest absolute Gasteiger partial charge is 0.422 e. The van der Waals surface area contributed by atoms with Gasteiger partial charge in [0.25, 0.3) is 5.56 Å². The van der Waals surface area contributed by atoms with Crippen molar-refractivity contribution in [1.29, 1.82) is 0 Å². The van der Waals surface area contributed by atoms with Crippen LogP contribution in [0.5, 0.6) is 11.8 Å². The number of hydrogen-bond donors (Lipinski definition) is 0. The van der Waals surface area contributed by atoms with Crippen molar-refractivity contribution in [3.63, 3.8) is 0 Å². The van der Waals surface area contributed by atoms with E-state index in [2.05, 4.69) is 9.97 Å². The summed E-state index contributed by atoms with van der Waals surface area (Å²) in [4.78, 5) is 21.4. The minimum Gasteiger partial charge on any atom is -0.422 e. The lowest BCUT2D eigenvalue weighted by atomic mass is 10.3. The van der Waals surface area contributed by atoms with E-state index in [4.69, 9.17) is 4.74 Å². The molecule has 0 aliphatic heterocycles. The number of halogens is 3. The average molecular weight is 386 g/mol. The van der Waals surface area contributed by atoms with E-state index in [9.17, 15) is 18.0 Å². The summed E-state index contributed by atoms with van der Waals surface area (Å²) in [5.74, 6) is -3.26. The van der Waals surface area contributed by atoms with Crippen molar-refractivity contribution >= 4 is 11.2 Å². The number of rotatable bonds is 4. The van der Waals surface area contributed by atoms with Crippen molar-refractivity contribution in [2.45, 2.75) is 13.5 Å². The van der Waals surface area contributed by atoms with Gasteiger partial charge in [-0.2, -0.15) is 9.37 Å². The maximum atomic E-state index is 14.1. The fraction of sp³-hybridized carbons (Fsp3) is 0.105. The Balaban J connectivity index is 1.98. The van der Waals surface area contributed by atoms with Crippen LogP contribution in [0.2, 0.25) is 0 Å². The van der Waals surface area contributed by atoms with Gasteiger partial charge in [-0.25, -0.2) is 18.3 Å². The van der Waals surface area contributed by atoms with Crippen LogP contribution in [-0.4, -0.2) is 19.1 Å². The Morgan fingerprint density at radius 2 is 1.82 bits per heavy atom. The Morgan fingerprint density at radius 3 is 2.54 bits per heavy atom. The van der Waals surface area contributed by atoms with Gasteiger partial charge >= 0.3 is 6.01 Å². The molecular weight excluding hydrogens is 373 g/mol. The third kappa shape index (κ3) is 2.90. The van der Waals surface area contributed by atoms with Crippen LogP contribution in [0.25, 0.3) is 16.9 Å². The van der Waals surface area contributed by atoms with Crippen molar-refractivity contribution in [1.82, 2.24) is 19.1 Å². The normalized spacial score (nSPS) is 11.1. The highest BCUT2D eigenvalue weighted by molar-refractivity contribution is 5.70. The van der Waals surface area contributed by atoms with Gasteiger partial charge in [-0.05, 0) is 43.3 Å². The summed E-state index contributed by atoms with van der Waals surface area (Å²) in [6.07, 6.45) is 1.45. The topological polar surface area (TPSA) is 61.9 Å². The summed E-state index contributed by atoms with van der Waals surface area (Å²) < 4.78 is 49.1. The van der Waals surface area contributed by atoms with Gasteiger partial charge in [0.15, 0.2) is 22.7 Å². The van der Waals surface area contributed by atoms with Crippen molar-refractivity contribution in [3.05, 3.63) is 76.6 Å². The molecule has 0 radical (unpaired) electrons. The van der Waals surface area contributed by atoms with Crippen LogP contribution >= 0.6 is 0 Å². The Labute approximate surface area is 156 Å². The minimum absolute atomic E-state index is 0.0678. The minimum atomic E-state index is -1.22. The van der Waals surface area contributed by atoms with Gasteiger partial charge in [-0.1, -0.05) is 6.07 Å². The molecule has 0 bridgehead atoms. The highest BCUT2D eigenvalue weighted by Crippen LogP contribution is 2.27. The predicted octanol–water partition coefficient (Wildman–Crippen LogP) is 3.81. The highest BCUT2D eigenvalue weighted by atomic mass is 19.2. The lowest BCUT2D eigenvalue weighted by molar-refractivity contribution is 0.383. The van der Waals surface area contributed by atoms with E-state index in [1.165, 1.54) is 30.6 Å². The molecule has 0 unspecified atom stereocenters. The third-order valence-corrected chi connectivity index (χ3v) is 4.15. The fourth-order valence-electron chi connectivity index (χ4n) is 2.76. The number of ether oxygens (including phenoxy) is 1. The molecular formula is C19H13F3N4O2. The van der Waals surface area contributed by atoms with Crippen LogP contribution in [0.15, 0.2) is 53.6 Å². The zero-order chi connectivity index (χ0) is 19.8. The van der Waals surface area contributed by atoms with Gasteiger partial charge in [-0.15, -0.1) is 0 Å². The van der Waals surface area contributed by atoms with Crippen LogP contribution in [0.3, 0.4) is 0 Å². The molecule has 28 heavy (non-hydrogen) atoms. The molecule has 4 rings (SSSR count). The van der Waals surface area contributed by atoms with E-state index in [0.29, 0.717) is 6.54 Å². The molecule has 6 nitrogen and oxygen atoms in total. The molecule has 0 fully saturated rings. The number of aromatic nitrogens is 4. The monoisotopic (exact) mass is 386 g/mol. The van der Waals surface area contributed by atoms with Crippen molar-refractivity contribution in [2.75, 3.05) is 0 Å². The number of hydrogen-bond acceptors (Lipinski definition) is 4. The Kier molecular flexibility index (Phi) is 4.34. The Morgan fingerprint density at radius 1 is 1.07 bits per heavy atom. The van der Waals surface area contributed by atoms with Gasteiger partial charge in [0.05, 0.1) is 12.0 Å². The first-order valence-electron chi connectivity index (χ1n) is 8.35. The van der Waals surface area contributed by atoms with E-state index in [0.717, 1.165) is 22.8 Å². The summed E-state index contributed by atoms with van der Waals surface area (Å²) in [7, 11) is 0. The summed E-state index contributed by atoms with van der Waals surface area (Å²) in [6.45, 7) is 2.32. The van der Waals surface area contributed by atoms with E-state index >= 15 is 0 Å². The lowest BCUT2D eigenvalue weighted by Crippen LogP contribution is -2.22. The molecule has 0 spiro atoms. The molecule has 2 heterocycles. The standard InChI is InChI=1S/C19H13F3N4O2/c1-2-25-10-23-16-17(25)24-19(28-14-5-3-4-13(21)15(14)22)26(18(16)27)12-8-6-11(20)7-9-12/h3-10H,2H2,1H3. The second kappa shape index (κ2) is 6.84. The van der Waals surface area contributed by atoms with Gasteiger partial charge < -0.3 is 9.30 Å². The van der Waals surface area contributed by atoms with Crippen molar-refractivity contribution in [2.24, 2.45) is 0 Å². The first-order valence-corrected chi connectivity index (χ1v) is 8.35. The zero-order valence-corrected chi connectivity index (χ0v) is 14.6. The lowest BCUT2D eigenvalue weighted by Gasteiger charge is -2.13. The predicted molar refractivity (Wildman–Crippen MR) is 95.2 cm³/mol. The van der Waals surface area contributed by atoms with Gasteiger partial charge in [0.1, 0.15) is 5.82 Å². The average Bonchev–Trinajstić information content (AvgIpc) is 3.10. The summed E-state index contributed by atoms with van der Waals surface area (Å²) >= 11 is 0. The molecule has 142 valence electrons. The summed E-state index contributed by atoms with van der Waals surface area (Å²) in [6, 6.07) is 8.11. The first kappa shape index (κ1) is 17.8. The quantitative estimate of drug-likeness (QED) is 0.535. The number of benzene rings is 2. The highest BCUT2D eigenvalue weighted by Gasteiger charge is 2.20. The second-order valence-corrected chi connectivity index (χ2v) is 5.87. The maximum Gasteiger partial charge on any atom is 0.311 e. The van der Waals surface area contributed by atoms with Crippen molar-refractivity contribution < 1.29 is 17.9 Å². The van der Waals surface area contributed by atoms with E-state index in [-0.39, 0.29) is 22.9 Å². The summed E-state index contributed by atoms with van der Waals surface area (Å²) in [5, 5.41) is 0. The molecule has 0 amide bonds. The van der Waals surface area contributed by atoms with Gasteiger partial charge in [0, 0.05) is 6.54 Å². The van der Waals surface area contributed by atoms with Gasteiger partial charge in [-0.3, -0.25) is 4.79 Å². The van der Waals surface area contributed by atoms with E-state index in [1.807, 2.05) is 6.92 Å². The molecule has 0 atom stereocenters. The smallest absolute Gasteiger partial charge is 0.311 e. The number of imidazole rings is 1. The number of aryl methyl sites for hydroxylation is 1. The van der Waals surface area contributed by atoms with Crippen LogP contribution < -0.4 is 10.3 Å². The van der Waals surface area contributed by atoms with E-state index < -0.39 is 28.8 Å². The number of nitrogens with zero attached hydrogens (tertiary/aromatic N) is 4. The molecule has 4 aromatic rings. The zero-order valence-electron chi connectivity index (χ0n) is 14.6. The number of fused-ring (bicyclic) bond motifs is 1. The Hall–Kier alpha value is -3.62. The van der Waals surface area contributed by atoms with Crippen molar-refractivity contribution in [3.8, 4) is 17.4 Å². The Bertz CT molecular complexity index is 1230. The molecule has 0 saturated carbocycles. The maximum absolute atomic E-state index is 14.1. The third-order valence-electron chi connectivity index (χ3n) is 4.15. The molecule has 0 saturated heterocycles. The molecule has 2 aromatic carbocycles.